The molecule has 0 amide bonds. The summed E-state index contributed by atoms with van der Waals surface area (Å²) < 4.78 is 21.3. The van der Waals surface area contributed by atoms with Gasteiger partial charge in [0.05, 0.1) is 22.1 Å². The Bertz CT molecular complexity index is 799. The fourth-order valence-electron chi connectivity index (χ4n) is 2.22. The summed E-state index contributed by atoms with van der Waals surface area (Å²) in [6.45, 7) is 2.53. The van der Waals surface area contributed by atoms with Crippen molar-refractivity contribution in [1.82, 2.24) is 9.55 Å². The van der Waals surface area contributed by atoms with Gasteiger partial charge in [0.15, 0.2) is 0 Å². The largest absolute Gasteiger partial charge is 0.494 e. The average Bonchev–Trinajstić information content (AvgIpc) is 2.76. The summed E-state index contributed by atoms with van der Waals surface area (Å²) in [4.78, 5) is 4.26. The maximum Gasteiger partial charge on any atom is 0.205 e. The Labute approximate surface area is 129 Å². The second-order valence-corrected chi connectivity index (χ2v) is 5.34. The first-order chi connectivity index (χ1) is 10.1. The van der Waals surface area contributed by atoms with Crippen LogP contribution >= 0.6 is 15.9 Å². The third-order valence-electron chi connectivity index (χ3n) is 3.13. The second-order valence-electron chi connectivity index (χ2n) is 4.49. The summed E-state index contributed by atoms with van der Waals surface area (Å²) in [7, 11) is 0. The van der Waals surface area contributed by atoms with Crippen molar-refractivity contribution >= 4 is 32.9 Å². The molecule has 0 saturated heterocycles. The number of hydrogen-bond acceptors (Lipinski definition) is 3. The Morgan fingerprint density at radius 1 is 1.29 bits per heavy atom. The van der Waals surface area contributed by atoms with E-state index in [0.717, 1.165) is 11.4 Å². The predicted octanol–water partition coefficient (Wildman–Crippen LogP) is 3.91. The third-order valence-corrected chi connectivity index (χ3v) is 3.74. The van der Waals surface area contributed by atoms with Crippen LogP contribution in [0.3, 0.4) is 0 Å². The molecule has 0 bridgehead atoms. The monoisotopic (exact) mass is 349 g/mol. The number of ether oxygens (including phenoxy) is 1. The number of anilines is 1. The minimum Gasteiger partial charge on any atom is -0.494 e. The Hall–Kier alpha value is -2.08. The van der Waals surface area contributed by atoms with Gasteiger partial charge in [0.2, 0.25) is 5.95 Å². The van der Waals surface area contributed by atoms with Gasteiger partial charge in [-0.15, -0.1) is 0 Å². The van der Waals surface area contributed by atoms with Crippen molar-refractivity contribution in [1.29, 1.82) is 0 Å². The molecule has 3 rings (SSSR count). The number of halogens is 2. The summed E-state index contributed by atoms with van der Waals surface area (Å²) in [5, 5.41) is 0. The van der Waals surface area contributed by atoms with Gasteiger partial charge in [0.25, 0.3) is 0 Å². The summed E-state index contributed by atoms with van der Waals surface area (Å²) in [6.07, 6.45) is 0. The van der Waals surface area contributed by atoms with E-state index in [4.69, 9.17) is 10.5 Å². The van der Waals surface area contributed by atoms with E-state index in [9.17, 15) is 4.39 Å². The minimum absolute atomic E-state index is 0.312. The Morgan fingerprint density at radius 3 is 2.67 bits per heavy atom. The van der Waals surface area contributed by atoms with Gasteiger partial charge in [-0.25, -0.2) is 9.37 Å². The topological polar surface area (TPSA) is 53.1 Å². The quantitative estimate of drug-likeness (QED) is 0.779. The molecule has 0 aliphatic carbocycles. The van der Waals surface area contributed by atoms with E-state index in [1.807, 2.05) is 31.2 Å². The van der Waals surface area contributed by atoms with Crippen LogP contribution in [0, 0.1) is 5.82 Å². The summed E-state index contributed by atoms with van der Waals surface area (Å²) in [5.41, 5.74) is 8.03. The number of rotatable bonds is 3. The first kappa shape index (κ1) is 13.9. The van der Waals surface area contributed by atoms with Crippen LogP contribution in [0.15, 0.2) is 40.9 Å². The summed E-state index contributed by atoms with van der Waals surface area (Å²) in [5.74, 6) is 0.736. The van der Waals surface area contributed by atoms with E-state index in [1.165, 1.54) is 6.07 Å². The summed E-state index contributed by atoms with van der Waals surface area (Å²) in [6, 6.07) is 10.5. The van der Waals surface area contributed by atoms with Crippen LogP contribution in [-0.4, -0.2) is 16.2 Å². The number of hydrogen-bond donors (Lipinski definition) is 1. The van der Waals surface area contributed by atoms with Gasteiger partial charge in [-0.3, -0.25) is 4.57 Å². The molecule has 0 atom stereocenters. The van der Waals surface area contributed by atoms with Gasteiger partial charge in [-0.1, -0.05) is 0 Å². The molecule has 0 aliphatic heterocycles. The number of nitrogen functional groups attached to an aromatic ring is 1. The molecule has 0 fully saturated rings. The lowest BCUT2D eigenvalue weighted by molar-refractivity contribution is 0.340. The molecule has 1 heterocycles. The van der Waals surface area contributed by atoms with Gasteiger partial charge < -0.3 is 10.5 Å². The maximum atomic E-state index is 13.8. The molecule has 0 aliphatic rings. The molecule has 4 nitrogen and oxygen atoms in total. The number of imidazole rings is 1. The highest BCUT2D eigenvalue weighted by Gasteiger charge is 2.13. The number of aromatic nitrogens is 2. The van der Waals surface area contributed by atoms with Crippen molar-refractivity contribution in [2.24, 2.45) is 0 Å². The van der Waals surface area contributed by atoms with Crippen molar-refractivity contribution < 1.29 is 9.13 Å². The molecule has 1 aromatic heterocycles. The molecule has 0 saturated carbocycles. The molecule has 108 valence electrons. The lowest BCUT2D eigenvalue weighted by atomic mass is 10.2. The van der Waals surface area contributed by atoms with E-state index < -0.39 is 0 Å². The van der Waals surface area contributed by atoms with E-state index in [0.29, 0.717) is 28.1 Å². The van der Waals surface area contributed by atoms with Crippen LogP contribution < -0.4 is 10.5 Å². The first-order valence-electron chi connectivity index (χ1n) is 6.46. The lowest BCUT2D eigenvalue weighted by Gasteiger charge is -2.08. The zero-order valence-electron chi connectivity index (χ0n) is 11.3. The fraction of sp³-hybridized carbons (Fsp3) is 0.133. The van der Waals surface area contributed by atoms with Crippen molar-refractivity contribution in [3.63, 3.8) is 0 Å². The van der Waals surface area contributed by atoms with Crippen LogP contribution in [0.2, 0.25) is 0 Å². The van der Waals surface area contributed by atoms with E-state index >= 15 is 0 Å². The SMILES string of the molecule is CCOc1ccc(-n2c(N)nc3cc(Br)c(F)cc32)cc1. The number of fused-ring (bicyclic) bond motifs is 1. The second kappa shape index (κ2) is 5.37. The zero-order valence-corrected chi connectivity index (χ0v) is 12.9. The van der Waals surface area contributed by atoms with Gasteiger partial charge in [-0.2, -0.15) is 0 Å². The highest BCUT2D eigenvalue weighted by molar-refractivity contribution is 9.10. The summed E-state index contributed by atoms with van der Waals surface area (Å²) >= 11 is 3.15. The van der Waals surface area contributed by atoms with Crippen molar-refractivity contribution in [2.45, 2.75) is 6.92 Å². The minimum atomic E-state index is -0.352. The van der Waals surface area contributed by atoms with Crippen molar-refractivity contribution in [3.8, 4) is 11.4 Å². The van der Waals surface area contributed by atoms with Crippen LogP contribution in [0.5, 0.6) is 5.75 Å². The van der Waals surface area contributed by atoms with Crippen LogP contribution in [0.1, 0.15) is 6.92 Å². The highest BCUT2D eigenvalue weighted by atomic mass is 79.9. The molecule has 2 N–H and O–H groups in total. The molecular weight excluding hydrogens is 337 g/mol. The molecule has 2 aromatic carbocycles. The molecule has 3 aromatic rings. The van der Waals surface area contributed by atoms with Gasteiger partial charge in [0.1, 0.15) is 11.6 Å². The van der Waals surface area contributed by atoms with Gasteiger partial charge in [0, 0.05) is 11.8 Å². The molecule has 0 spiro atoms. The van der Waals surface area contributed by atoms with Crippen molar-refractivity contribution in [2.75, 3.05) is 12.3 Å². The van der Waals surface area contributed by atoms with E-state index in [2.05, 4.69) is 20.9 Å². The van der Waals surface area contributed by atoms with Crippen LogP contribution in [-0.2, 0) is 0 Å². The predicted molar refractivity (Wildman–Crippen MR) is 84.3 cm³/mol. The molecule has 0 unspecified atom stereocenters. The fourth-order valence-corrected chi connectivity index (χ4v) is 2.55. The Kier molecular flexibility index (Phi) is 3.55. The van der Waals surface area contributed by atoms with Gasteiger partial charge in [-0.05, 0) is 53.2 Å². The highest BCUT2D eigenvalue weighted by Crippen LogP contribution is 2.28. The van der Waals surface area contributed by atoms with Gasteiger partial charge >= 0.3 is 0 Å². The van der Waals surface area contributed by atoms with Crippen molar-refractivity contribution in [3.05, 3.63) is 46.7 Å². The standard InChI is InChI=1S/C15H13BrFN3O/c1-2-21-10-5-3-9(4-6-10)20-14-8-12(17)11(16)7-13(14)19-15(20)18/h3-8H,2H2,1H3,(H2,18,19). The first-order valence-corrected chi connectivity index (χ1v) is 7.25. The van der Waals surface area contributed by atoms with Crippen LogP contribution in [0.25, 0.3) is 16.7 Å². The molecular formula is C15H13BrFN3O. The molecule has 6 heteroatoms. The average molecular weight is 350 g/mol. The molecule has 21 heavy (non-hydrogen) atoms. The molecule has 0 radical (unpaired) electrons. The number of nitrogens with two attached hydrogens (primary N) is 1. The normalized spacial score (nSPS) is 11.0. The van der Waals surface area contributed by atoms with E-state index in [1.54, 1.807) is 10.6 Å². The Balaban J connectivity index is 2.15. The maximum absolute atomic E-state index is 13.8. The third kappa shape index (κ3) is 2.47. The smallest absolute Gasteiger partial charge is 0.205 e. The van der Waals surface area contributed by atoms with Crippen LogP contribution in [0.4, 0.5) is 10.3 Å². The Morgan fingerprint density at radius 2 is 2.00 bits per heavy atom. The lowest BCUT2D eigenvalue weighted by Crippen LogP contribution is -2.01. The number of benzene rings is 2. The zero-order chi connectivity index (χ0) is 15.0. The van der Waals surface area contributed by atoms with E-state index in [-0.39, 0.29) is 5.82 Å². The number of nitrogens with zero attached hydrogens (tertiary/aromatic N) is 2.